The second kappa shape index (κ2) is 9.85. The highest BCUT2D eigenvalue weighted by Gasteiger charge is 2.26. The number of carbonyl (C=O) groups is 1. The number of nitrogens with zero attached hydrogens (tertiary/aromatic N) is 1. The third kappa shape index (κ3) is 5.91. The van der Waals surface area contributed by atoms with Gasteiger partial charge in [0.25, 0.3) is 0 Å². The molecule has 150 valence electrons. The monoisotopic (exact) mass is 379 g/mol. The molecule has 0 fully saturated rings. The zero-order valence-electron chi connectivity index (χ0n) is 17.2. The van der Waals surface area contributed by atoms with Gasteiger partial charge in [0.1, 0.15) is 0 Å². The number of nitrogens with one attached hydrogen (secondary N) is 1. The van der Waals surface area contributed by atoms with Crippen LogP contribution in [-0.2, 0) is 30.7 Å². The number of primary amides is 1. The molecule has 1 amide bonds. The summed E-state index contributed by atoms with van der Waals surface area (Å²) < 4.78 is 0. The van der Waals surface area contributed by atoms with E-state index >= 15 is 0 Å². The van der Waals surface area contributed by atoms with E-state index in [1.165, 1.54) is 23.1 Å². The van der Waals surface area contributed by atoms with E-state index in [9.17, 15) is 4.79 Å². The van der Waals surface area contributed by atoms with Gasteiger partial charge < -0.3 is 11.1 Å². The molecule has 1 aliphatic heterocycles. The number of nitrogens with two attached hydrogens (primary N) is 1. The molecule has 1 heterocycles. The molecule has 1 aliphatic rings. The zero-order chi connectivity index (χ0) is 19.9. The van der Waals surface area contributed by atoms with Gasteiger partial charge in [0.15, 0.2) is 0 Å². The summed E-state index contributed by atoms with van der Waals surface area (Å²) >= 11 is 0. The smallest absolute Gasteiger partial charge is 0.221 e. The Morgan fingerprint density at radius 2 is 1.93 bits per heavy atom. The summed E-state index contributed by atoms with van der Waals surface area (Å²) in [6, 6.07) is 17.6. The van der Waals surface area contributed by atoms with Gasteiger partial charge in [-0.15, -0.1) is 0 Å². The minimum absolute atomic E-state index is 0.268. The van der Waals surface area contributed by atoms with Crippen LogP contribution in [-0.4, -0.2) is 29.9 Å². The van der Waals surface area contributed by atoms with Gasteiger partial charge in [-0.05, 0) is 41.0 Å². The van der Waals surface area contributed by atoms with E-state index in [0.717, 1.165) is 38.2 Å². The van der Waals surface area contributed by atoms with E-state index in [1.807, 2.05) is 0 Å². The van der Waals surface area contributed by atoms with Crippen molar-refractivity contribution in [3.63, 3.8) is 0 Å². The number of hydrogen-bond donors (Lipinski definition) is 2. The first kappa shape index (κ1) is 20.6. The lowest BCUT2D eigenvalue weighted by molar-refractivity contribution is -0.117. The van der Waals surface area contributed by atoms with Crippen molar-refractivity contribution < 1.29 is 4.79 Å². The summed E-state index contributed by atoms with van der Waals surface area (Å²) in [5, 5.41) is 3.58. The molecule has 28 heavy (non-hydrogen) atoms. The third-order valence-corrected chi connectivity index (χ3v) is 5.49. The Labute approximate surface area is 169 Å². The van der Waals surface area contributed by atoms with E-state index in [0.29, 0.717) is 18.4 Å². The van der Waals surface area contributed by atoms with Crippen LogP contribution in [0.4, 0.5) is 0 Å². The first-order chi connectivity index (χ1) is 13.5. The van der Waals surface area contributed by atoms with Crippen molar-refractivity contribution in [2.24, 2.45) is 11.7 Å². The predicted molar refractivity (Wildman–Crippen MR) is 115 cm³/mol. The first-order valence-corrected chi connectivity index (χ1v) is 10.4. The Hall–Kier alpha value is -2.17. The highest BCUT2D eigenvalue weighted by atomic mass is 16.1. The van der Waals surface area contributed by atoms with E-state index in [2.05, 4.69) is 72.6 Å². The molecule has 0 radical (unpaired) electrons. The van der Waals surface area contributed by atoms with Crippen LogP contribution in [0.5, 0.6) is 0 Å². The number of hydrogen-bond acceptors (Lipinski definition) is 3. The molecule has 0 aromatic heterocycles. The molecule has 2 aromatic carbocycles. The Balaban J connectivity index is 1.63. The van der Waals surface area contributed by atoms with Gasteiger partial charge in [-0.1, -0.05) is 62.4 Å². The highest BCUT2D eigenvalue weighted by molar-refractivity contribution is 5.76. The molecule has 0 spiro atoms. The molecule has 4 nitrogen and oxygen atoms in total. The maximum Gasteiger partial charge on any atom is 0.221 e. The van der Waals surface area contributed by atoms with Gasteiger partial charge in [0, 0.05) is 32.2 Å². The SMILES string of the molecule is CC(C)CC1Cc2ccc(CC(N)=O)cc2CN1CCNCc1ccccc1. The fourth-order valence-electron chi connectivity index (χ4n) is 4.16. The second-order valence-electron chi connectivity index (χ2n) is 8.37. The van der Waals surface area contributed by atoms with Gasteiger partial charge >= 0.3 is 0 Å². The van der Waals surface area contributed by atoms with Crippen molar-refractivity contribution in [3.8, 4) is 0 Å². The van der Waals surface area contributed by atoms with Gasteiger partial charge in [-0.25, -0.2) is 0 Å². The van der Waals surface area contributed by atoms with Crippen LogP contribution in [0, 0.1) is 5.92 Å². The summed E-state index contributed by atoms with van der Waals surface area (Å²) in [4.78, 5) is 13.9. The summed E-state index contributed by atoms with van der Waals surface area (Å²) in [7, 11) is 0. The minimum Gasteiger partial charge on any atom is -0.369 e. The topological polar surface area (TPSA) is 58.4 Å². The van der Waals surface area contributed by atoms with Crippen LogP contribution < -0.4 is 11.1 Å². The van der Waals surface area contributed by atoms with Gasteiger partial charge in [-0.2, -0.15) is 0 Å². The Morgan fingerprint density at radius 1 is 1.14 bits per heavy atom. The van der Waals surface area contributed by atoms with Crippen molar-refractivity contribution in [2.75, 3.05) is 13.1 Å². The number of benzene rings is 2. The molecule has 0 aliphatic carbocycles. The summed E-state index contributed by atoms with van der Waals surface area (Å²) in [5.41, 5.74) is 10.5. The van der Waals surface area contributed by atoms with Crippen molar-refractivity contribution in [1.82, 2.24) is 10.2 Å². The lowest BCUT2D eigenvalue weighted by Gasteiger charge is -2.38. The first-order valence-electron chi connectivity index (χ1n) is 10.4. The lowest BCUT2D eigenvalue weighted by Crippen LogP contribution is -2.44. The number of fused-ring (bicyclic) bond motifs is 1. The van der Waals surface area contributed by atoms with Crippen LogP contribution in [0.2, 0.25) is 0 Å². The normalized spacial score (nSPS) is 16.9. The maximum absolute atomic E-state index is 11.3. The van der Waals surface area contributed by atoms with Crippen LogP contribution in [0.3, 0.4) is 0 Å². The molecule has 3 rings (SSSR count). The fourth-order valence-corrected chi connectivity index (χ4v) is 4.16. The molecule has 0 saturated heterocycles. The van der Waals surface area contributed by atoms with Crippen LogP contribution in [0.25, 0.3) is 0 Å². The molecule has 0 saturated carbocycles. The van der Waals surface area contributed by atoms with Crippen LogP contribution in [0.1, 0.15) is 42.5 Å². The fraction of sp³-hybridized carbons (Fsp3) is 0.458. The van der Waals surface area contributed by atoms with Crippen LogP contribution >= 0.6 is 0 Å². The van der Waals surface area contributed by atoms with Gasteiger partial charge in [0.2, 0.25) is 5.91 Å². The van der Waals surface area contributed by atoms with Crippen molar-refractivity contribution >= 4 is 5.91 Å². The molecular weight excluding hydrogens is 346 g/mol. The molecular formula is C24H33N3O. The zero-order valence-corrected chi connectivity index (χ0v) is 17.2. The lowest BCUT2D eigenvalue weighted by atomic mass is 9.88. The average molecular weight is 380 g/mol. The van der Waals surface area contributed by atoms with Crippen molar-refractivity contribution in [1.29, 1.82) is 0 Å². The van der Waals surface area contributed by atoms with E-state index in [4.69, 9.17) is 5.73 Å². The highest BCUT2D eigenvalue weighted by Crippen LogP contribution is 2.27. The molecule has 2 aromatic rings. The Bertz CT molecular complexity index is 773. The Morgan fingerprint density at radius 3 is 2.64 bits per heavy atom. The number of amides is 1. The van der Waals surface area contributed by atoms with E-state index in [1.54, 1.807) is 0 Å². The summed E-state index contributed by atoms with van der Waals surface area (Å²) in [6.07, 6.45) is 2.62. The quantitative estimate of drug-likeness (QED) is 0.658. The van der Waals surface area contributed by atoms with Gasteiger partial charge in [-0.3, -0.25) is 9.69 Å². The largest absolute Gasteiger partial charge is 0.369 e. The summed E-state index contributed by atoms with van der Waals surface area (Å²) in [6.45, 7) is 8.47. The summed E-state index contributed by atoms with van der Waals surface area (Å²) in [5.74, 6) is 0.413. The van der Waals surface area contributed by atoms with Gasteiger partial charge in [0.05, 0.1) is 6.42 Å². The minimum atomic E-state index is -0.268. The predicted octanol–water partition coefficient (Wildman–Crippen LogP) is 3.28. The third-order valence-electron chi connectivity index (χ3n) is 5.49. The standard InChI is InChI=1S/C24H33N3O/c1-18(2)12-23-15-21-9-8-20(14-24(25)28)13-22(21)17-27(23)11-10-26-16-19-6-4-3-5-7-19/h3-9,13,18,23,26H,10-12,14-17H2,1-2H3,(H2,25,28). The molecule has 0 bridgehead atoms. The van der Waals surface area contributed by atoms with E-state index < -0.39 is 0 Å². The number of rotatable bonds is 9. The van der Waals surface area contributed by atoms with Crippen molar-refractivity contribution in [2.45, 2.75) is 52.2 Å². The molecule has 1 atom stereocenters. The van der Waals surface area contributed by atoms with Crippen molar-refractivity contribution in [3.05, 3.63) is 70.8 Å². The maximum atomic E-state index is 11.3. The van der Waals surface area contributed by atoms with E-state index in [-0.39, 0.29) is 5.91 Å². The number of carbonyl (C=O) groups excluding carboxylic acids is 1. The molecule has 3 N–H and O–H groups in total. The molecule has 4 heteroatoms. The van der Waals surface area contributed by atoms with Crippen LogP contribution in [0.15, 0.2) is 48.5 Å². The Kier molecular flexibility index (Phi) is 7.24. The molecule has 1 unspecified atom stereocenters. The second-order valence-corrected chi connectivity index (χ2v) is 8.37. The average Bonchev–Trinajstić information content (AvgIpc) is 2.65.